The van der Waals surface area contributed by atoms with Crippen LogP contribution in [0.15, 0.2) is 84.9 Å². The molecule has 0 bridgehead atoms. The van der Waals surface area contributed by atoms with E-state index in [1.807, 2.05) is 0 Å². The third-order valence-electron chi connectivity index (χ3n) is 7.50. The van der Waals surface area contributed by atoms with Crippen LogP contribution in [0.3, 0.4) is 0 Å². The number of carboxylic acid groups (broad SMARTS) is 1. The van der Waals surface area contributed by atoms with Gasteiger partial charge in [0.2, 0.25) is 0 Å². The molecule has 0 saturated carbocycles. The molecule has 38 heavy (non-hydrogen) atoms. The Morgan fingerprint density at radius 1 is 0.711 bits per heavy atom. The molecule has 0 atom stereocenters. The Hall–Kier alpha value is -2.56. The van der Waals surface area contributed by atoms with Crippen molar-refractivity contribution in [3.63, 3.8) is 0 Å². The summed E-state index contributed by atoms with van der Waals surface area (Å²) in [6.07, 6.45) is 10.1. The molecule has 0 heterocycles. The second-order valence-corrected chi connectivity index (χ2v) is 12.5. The van der Waals surface area contributed by atoms with E-state index in [0.29, 0.717) is 0 Å². The van der Waals surface area contributed by atoms with Gasteiger partial charge in [0.25, 0.3) is 5.97 Å². The predicted octanol–water partition coefficient (Wildman–Crippen LogP) is 6.49. The van der Waals surface area contributed by atoms with Crippen molar-refractivity contribution in [2.75, 3.05) is 0 Å². The van der Waals surface area contributed by atoms with E-state index in [4.69, 9.17) is 9.90 Å². The molecule has 0 spiro atoms. The molecular formula is C34H35O2PPd. The van der Waals surface area contributed by atoms with Gasteiger partial charge in [0.05, 0.1) is 13.2 Å². The molecule has 0 radical (unpaired) electrons. The zero-order valence-corrected chi connectivity index (χ0v) is 24.5. The van der Waals surface area contributed by atoms with Gasteiger partial charge < -0.3 is 5.11 Å². The number of hydrogen-bond acceptors (Lipinski definition) is 1. The minimum Gasteiger partial charge on any atom is -0.481 e. The summed E-state index contributed by atoms with van der Waals surface area (Å²) < 4.78 is 0. The molecule has 6 rings (SSSR count). The van der Waals surface area contributed by atoms with Gasteiger partial charge in [0.1, 0.15) is 10.6 Å². The average Bonchev–Trinajstić information content (AvgIpc) is 2.94. The number of aliphatic carboxylic acids is 1. The SMILES string of the molecule is CC(=O)O.[Pd].[c-]1ccc2c(c1-c1c([PH+](c3ccccc3)c3ccccc3)ccc3c1CCCC3)CCCC2. The Balaban J connectivity index is 0.000000630. The molecule has 0 saturated heterocycles. The zero-order chi connectivity index (χ0) is 25.6. The first-order valence-electron chi connectivity index (χ1n) is 13.5. The normalized spacial score (nSPS) is 13.8. The van der Waals surface area contributed by atoms with Crippen LogP contribution in [0.2, 0.25) is 0 Å². The number of fused-ring (bicyclic) bond motifs is 2. The van der Waals surface area contributed by atoms with E-state index in [2.05, 4.69) is 91.0 Å². The van der Waals surface area contributed by atoms with Crippen LogP contribution in [0.1, 0.15) is 54.9 Å². The van der Waals surface area contributed by atoms with Crippen LogP contribution in [0.25, 0.3) is 11.1 Å². The van der Waals surface area contributed by atoms with E-state index >= 15 is 0 Å². The van der Waals surface area contributed by atoms with Gasteiger partial charge in [-0.1, -0.05) is 78.4 Å². The molecule has 4 aromatic carbocycles. The molecule has 0 amide bonds. The van der Waals surface area contributed by atoms with Crippen LogP contribution in [0.5, 0.6) is 0 Å². The van der Waals surface area contributed by atoms with Crippen molar-refractivity contribution in [2.24, 2.45) is 0 Å². The monoisotopic (exact) mass is 612 g/mol. The average molecular weight is 613 g/mol. The minimum atomic E-state index is -1.13. The van der Waals surface area contributed by atoms with Gasteiger partial charge >= 0.3 is 0 Å². The third-order valence-corrected chi connectivity index (χ3v) is 10.3. The zero-order valence-electron chi connectivity index (χ0n) is 21.9. The second kappa shape index (κ2) is 13.5. The standard InChI is InChI=1S/C32H30P.C2H4O2.Pd/c1-3-15-26(16-4-1)33(27-17-5-2-6-18-27)31-23-22-25-13-8-10-20-29(25)32(31)30-21-11-14-24-12-7-9-19-28(24)30;1-2(3)4;/h1-6,11,14-18,22-23H,7-10,12-13,19-20H2;1H3,(H,3,4);/q-1;;/p+1. The molecule has 4 aromatic rings. The van der Waals surface area contributed by atoms with Crippen LogP contribution in [0.4, 0.5) is 0 Å². The fraction of sp³-hybridized carbons (Fsp3) is 0.265. The largest absolute Gasteiger partial charge is 0.481 e. The van der Waals surface area contributed by atoms with Gasteiger partial charge in [-0.3, -0.25) is 4.79 Å². The van der Waals surface area contributed by atoms with Gasteiger partial charge in [0, 0.05) is 27.3 Å². The first-order chi connectivity index (χ1) is 18.1. The number of carbonyl (C=O) groups is 1. The van der Waals surface area contributed by atoms with Crippen LogP contribution in [0, 0.1) is 6.07 Å². The quantitative estimate of drug-likeness (QED) is 0.163. The fourth-order valence-electron chi connectivity index (χ4n) is 5.94. The van der Waals surface area contributed by atoms with Crippen LogP contribution in [-0.4, -0.2) is 11.1 Å². The summed E-state index contributed by atoms with van der Waals surface area (Å²) in [4.78, 5) is 9.00. The van der Waals surface area contributed by atoms with Crippen molar-refractivity contribution in [1.29, 1.82) is 0 Å². The summed E-state index contributed by atoms with van der Waals surface area (Å²) in [6, 6.07) is 35.7. The molecule has 0 fully saturated rings. The van der Waals surface area contributed by atoms with E-state index in [1.54, 1.807) is 27.6 Å². The number of aryl methyl sites for hydroxylation is 2. The van der Waals surface area contributed by atoms with E-state index < -0.39 is 13.9 Å². The Kier molecular flexibility index (Phi) is 10.1. The summed E-state index contributed by atoms with van der Waals surface area (Å²) in [5.41, 5.74) is 9.27. The van der Waals surface area contributed by atoms with Crippen molar-refractivity contribution in [3.8, 4) is 11.1 Å². The number of carboxylic acids is 1. The fourth-order valence-corrected chi connectivity index (χ4v) is 8.73. The van der Waals surface area contributed by atoms with E-state index in [0.717, 1.165) is 6.92 Å². The Bertz CT molecular complexity index is 1320. The summed E-state index contributed by atoms with van der Waals surface area (Å²) in [5, 5.41) is 11.9. The van der Waals surface area contributed by atoms with Crippen LogP contribution >= 0.6 is 7.92 Å². The molecule has 2 nitrogen and oxygen atoms in total. The van der Waals surface area contributed by atoms with Crippen molar-refractivity contribution in [1.82, 2.24) is 0 Å². The number of benzene rings is 4. The molecule has 198 valence electrons. The first-order valence-corrected chi connectivity index (χ1v) is 15.0. The van der Waals surface area contributed by atoms with Crippen molar-refractivity contribution >= 4 is 29.8 Å². The molecule has 1 N–H and O–H groups in total. The van der Waals surface area contributed by atoms with Gasteiger partial charge in [0.15, 0.2) is 0 Å². The summed E-state index contributed by atoms with van der Waals surface area (Å²) in [7, 11) is -1.13. The Morgan fingerprint density at radius 2 is 1.21 bits per heavy atom. The van der Waals surface area contributed by atoms with E-state index in [-0.39, 0.29) is 20.4 Å². The molecule has 2 aliphatic carbocycles. The first kappa shape index (κ1) is 28.5. The molecule has 0 aromatic heterocycles. The van der Waals surface area contributed by atoms with Gasteiger partial charge in [-0.05, 0) is 62.4 Å². The van der Waals surface area contributed by atoms with Crippen molar-refractivity contribution < 1.29 is 30.3 Å². The maximum atomic E-state index is 9.00. The smallest absolute Gasteiger partial charge is 0.300 e. The van der Waals surface area contributed by atoms with Gasteiger partial charge in [-0.25, -0.2) is 0 Å². The van der Waals surface area contributed by atoms with Crippen LogP contribution < -0.4 is 15.9 Å². The number of hydrogen-bond donors (Lipinski definition) is 1. The van der Waals surface area contributed by atoms with Crippen LogP contribution in [-0.2, 0) is 50.9 Å². The summed E-state index contributed by atoms with van der Waals surface area (Å²) in [5.74, 6) is -0.833. The summed E-state index contributed by atoms with van der Waals surface area (Å²) >= 11 is 0. The van der Waals surface area contributed by atoms with E-state index in [1.165, 1.54) is 73.1 Å². The van der Waals surface area contributed by atoms with Gasteiger partial charge in [-0.2, -0.15) is 0 Å². The maximum absolute atomic E-state index is 9.00. The van der Waals surface area contributed by atoms with Crippen molar-refractivity contribution in [3.05, 3.63) is 113 Å². The number of rotatable bonds is 4. The van der Waals surface area contributed by atoms with Gasteiger partial charge in [-0.15, -0.1) is 34.9 Å². The van der Waals surface area contributed by atoms with E-state index in [9.17, 15) is 0 Å². The maximum Gasteiger partial charge on any atom is 0.300 e. The molecular weight excluding hydrogens is 578 g/mol. The second-order valence-electron chi connectivity index (χ2n) is 10.0. The predicted molar refractivity (Wildman–Crippen MR) is 157 cm³/mol. The third kappa shape index (κ3) is 6.35. The topological polar surface area (TPSA) is 37.3 Å². The Morgan fingerprint density at radius 3 is 1.79 bits per heavy atom. The van der Waals surface area contributed by atoms with Crippen molar-refractivity contribution in [2.45, 2.75) is 58.3 Å². The molecule has 0 unspecified atom stereocenters. The molecule has 0 aliphatic heterocycles. The molecule has 2 aliphatic rings. The Labute approximate surface area is 241 Å². The summed E-state index contributed by atoms with van der Waals surface area (Å²) in [6.45, 7) is 1.08. The molecule has 4 heteroatoms. The minimum absolute atomic E-state index is 0.